The molecular weight excluding hydrogens is 130 g/mol. The standard InChI is InChI=1S/C6H9N3O/c1-3-5-6(4-10)9(2)8-7-5/h4H,3H2,1-2H3. The molecule has 1 aromatic rings. The smallest absolute Gasteiger partial charge is 0.170 e. The van der Waals surface area contributed by atoms with Gasteiger partial charge in [0.25, 0.3) is 0 Å². The summed E-state index contributed by atoms with van der Waals surface area (Å²) in [6.07, 6.45) is 1.53. The molecule has 1 rings (SSSR count). The van der Waals surface area contributed by atoms with Crippen molar-refractivity contribution in [2.75, 3.05) is 0 Å². The molecule has 0 aliphatic rings. The van der Waals surface area contributed by atoms with E-state index in [9.17, 15) is 4.79 Å². The molecule has 4 heteroatoms. The molecule has 10 heavy (non-hydrogen) atoms. The number of hydrogen-bond donors (Lipinski definition) is 0. The zero-order valence-electron chi connectivity index (χ0n) is 6.03. The van der Waals surface area contributed by atoms with Gasteiger partial charge in [0.2, 0.25) is 0 Å². The largest absolute Gasteiger partial charge is 0.296 e. The molecule has 54 valence electrons. The van der Waals surface area contributed by atoms with Crippen molar-refractivity contribution >= 4 is 6.29 Å². The molecule has 0 amide bonds. The van der Waals surface area contributed by atoms with Crippen LogP contribution in [-0.2, 0) is 13.5 Å². The van der Waals surface area contributed by atoms with Crippen LogP contribution < -0.4 is 0 Å². The number of nitrogens with zero attached hydrogens (tertiary/aromatic N) is 3. The van der Waals surface area contributed by atoms with Gasteiger partial charge < -0.3 is 0 Å². The summed E-state index contributed by atoms with van der Waals surface area (Å²) >= 11 is 0. The molecule has 0 fully saturated rings. The molecule has 0 atom stereocenters. The molecule has 0 aliphatic carbocycles. The van der Waals surface area contributed by atoms with Gasteiger partial charge in [-0.05, 0) is 6.42 Å². The minimum absolute atomic E-state index is 0.572. The zero-order chi connectivity index (χ0) is 7.56. The Hall–Kier alpha value is -1.19. The summed E-state index contributed by atoms with van der Waals surface area (Å²) in [6.45, 7) is 1.94. The fourth-order valence-corrected chi connectivity index (χ4v) is 0.803. The van der Waals surface area contributed by atoms with Gasteiger partial charge in [-0.25, -0.2) is 4.68 Å². The van der Waals surface area contributed by atoms with E-state index in [0.717, 1.165) is 18.4 Å². The number of aryl methyl sites for hydroxylation is 2. The lowest BCUT2D eigenvalue weighted by Gasteiger charge is -1.89. The average molecular weight is 139 g/mol. The predicted molar refractivity (Wildman–Crippen MR) is 35.8 cm³/mol. The van der Waals surface area contributed by atoms with Crippen LogP contribution in [0.1, 0.15) is 23.1 Å². The van der Waals surface area contributed by atoms with Gasteiger partial charge in [0.1, 0.15) is 5.69 Å². The molecule has 0 bridgehead atoms. The maximum absolute atomic E-state index is 10.4. The van der Waals surface area contributed by atoms with Gasteiger partial charge in [-0.3, -0.25) is 4.79 Å². The van der Waals surface area contributed by atoms with E-state index in [0.29, 0.717) is 5.69 Å². The first-order chi connectivity index (χ1) is 4.79. The minimum Gasteiger partial charge on any atom is -0.296 e. The highest BCUT2D eigenvalue weighted by atomic mass is 16.1. The second-order valence-electron chi connectivity index (χ2n) is 2.02. The van der Waals surface area contributed by atoms with Crippen LogP contribution in [0, 0.1) is 0 Å². The highest BCUT2D eigenvalue weighted by Crippen LogP contribution is 1.99. The Morgan fingerprint density at radius 3 is 2.80 bits per heavy atom. The van der Waals surface area contributed by atoms with Gasteiger partial charge in [-0.1, -0.05) is 12.1 Å². The fourth-order valence-electron chi connectivity index (χ4n) is 0.803. The number of aromatic nitrogens is 3. The van der Waals surface area contributed by atoms with Crippen molar-refractivity contribution in [1.29, 1.82) is 0 Å². The second-order valence-corrected chi connectivity index (χ2v) is 2.02. The summed E-state index contributed by atoms with van der Waals surface area (Å²) in [6, 6.07) is 0. The van der Waals surface area contributed by atoms with Crippen molar-refractivity contribution < 1.29 is 4.79 Å². The lowest BCUT2D eigenvalue weighted by Crippen LogP contribution is -1.97. The molecule has 0 radical (unpaired) electrons. The highest BCUT2D eigenvalue weighted by Gasteiger charge is 2.05. The maximum Gasteiger partial charge on any atom is 0.170 e. The van der Waals surface area contributed by atoms with Crippen molar-refractivity contribution in [3.05, 3.63) is 11.4 Å². The third kappa shape index (κ3) is 0.920. The monoisotopic (exact) mass is 139 g/mol. The lowest BCUT2D eigenvalue weighted by atomic mass is 10.3. The van der Waals surface area contributed by atoms with Crippen molar-refractivity contribution in [2.24, 2.45) is 7.05 Å². The van der Waals surface area contributed by atoms with Crippen LogP contribution in [0.4, 0.5) is 0 Å². The summed E-state index contributed by atoms with van der Waals surface area (Å²) in [5, 5.41) is 7.48. The third-order valence-corrected chi connectivity index (χ3v) is 1.39. The SMILES string of the molecule is CCc1nnn(C)c1C=O. The molecular formula is C6H9N3O. The summed E-state index contributed by atoms with van der Waals surface area (Å²) in [5.74, 6) is 0. The Balaban J connectivity index is 3.12. The van der Waals surface area contributed by atoms with Crippen molar-refractivity contribution in [1.82, 2.24) is 15.0 Å². The molecule has 0 aromatic carbocycles. The molecule has 0 spiro atoms. The van der Waals surface area contributed by atoms with E-state index in [4.69, 9.17) is 0 Å². The molecule has 0 N–H and O–H groups in total. The van der Waals surface area contributed by atoms with Crippen LogP contribution in [0.2, 0.25) is 0 Å². The van der Waals surface area contributed by atoms with Crippen LogP contribution in [0.15, 0.2) is 0 Å². The van der Waals surface area contributed by atoms with E-state index in [2.05, 4.69) is 10.3 Å². The van der Waals surface area contributed by atoms with E-state index in [1.54, 1.807) is 7.05 Å². The predicted octanol–water partition coefficient (Wildman–Crippen LogP) is 0.190. The Bertz CT molecular complexity index is 241. The molecule has 0 unspecified atom stereocenters. The van der Waals surface area contributed by atoms with Crippen molar-refractivity contribution in [3.63, 3.8) is 0 Å². The fraction of sp³-hybridized carbons (Fsp3) is 0.500. The summed E-state index contributed by atoms with van der Waals surface area (Å²) in [7, 11) is 1.70. The lowest BCUT2D eigenvalue weighted by molar-refractivity contribution is 0.111. The van der Waals surface area contributed by atoms with Crippen molar-refractivity contribution in [3.8, 4) is 0 Å². The zero-order valence-corrected chi connectivity index (χ0v) is 6.03. The van der Waals surface area contributed by atoms with E-state index >= 15 is 0 Å². The Morgan fingerprint density at radius 1 is 1.70 bits per heavy atom. The molecule has 4 nitrogen and oxygen atoms in total. The quantitative estimate of drug-likeness (QED) is 0.549. The second kappa shape index (κ2) is 2.60. The Labute approximate surface area is 58.8 Å². The van der Waals surface area contributed by atoms with Crippen LogP contribution >= 0.6 is 0 Å². The van der Waals surface area contributed by atoms with Gasteiger partial charge in [0.15, 0.2) is 6.29 Å². The first-order valence-electron chi connectivity index (χ1n) is 3.13. The van der Waals surface area contributed by atoms with Gasteiger partial charge in [0, 0.05) is 7.05 Å². The molecule has 0 aliphatic heterocycles. The van der Waals surface area contributed by atoms with Crippen LogP contribution in [0.5, 0.6) is 0 Å². The number of carbonyl (C=O) groups excluding carboxylic acids is 1. The van der Waals surface area contributed by atoms with E-state index in [-0.39, 0.29) is 0 Å². The van der Waals surface area contributed by atoms with Crippen LogP contribution in [0.25, 0.3) is 0 Å². The van der Waals surface area contributed by atoms with E-state index in [1.807, 2.05) is 6.92 Å². The Morgan fingerprint density at radius 2 is 2.40 bits per heavy atom. The van der Waals surface area contributed by atoms with E-state index in [1.165, 1.54) is 4.68 Å². The number of hydrogen-bond acceptors (Lipinski definition) is 3. The molecule has 1 heterocycles. The third-order valence-electron chi connectivity index (χ3n) is 1.39. The maximum atomic E-state index is 10.4. The van der Waals surface area contributed by atoms with Gasteiger partial charge in [0.05, 0.1) is 5.69 Å². The van der Waals surface area contributed by atoms with Crippen LogP contribution in [-0.4, -0.2) is 21.3 Å². The topological polar surface area (TPSA) is 47.8 Å². The first-order valence-corrected chi connectivity index (χ1v) is 3.13. The normalized spacial score (nSPS) is 9.80. The molecule has 0 saturated heterocycles. The van der Waals surface area contributed by atoms with Gasteiger partial charge in [-0.15, -0.1) is 5.10 Å². The highest BCUT2D eigenvalue weighted by molar-refractivity contribution is 5.73. The number of aldehydes is 1. The average Bonchev–Trinajstić information content (AvgIpc) is 2.30. The number of carbonyl (C=O) groups is 1. The summed E-state index contributed by atoms with van der Waals surface area (Å²) < 4.78 is 1.48. The number of rotatable bonds is 2. The van der Waals surface area contributed by atoms with E-state index < -0.39 is 0 Å². The van der Waals surface area contributed by atoms with Gasteiger partial charge in [-0.2, -0.15) is 0 Å². The minimum atomic E-state index is 0.572. The molecule has 0 saturated carbocycles. The Kier molecular flexibility index (Phi) is 1.80. The summed E-state index contributed by atoms with van der Waals surface area (Å²) in [5.41, 5.74) is 1.33. The van der Waals surface area contributed by atoms with Crippen molar-refractivity contribution in [2.45, 2.75) is 13.3 Å². The molecule has 1 aromatic heterocycles. The first kappa shape index (κ1) is 6.92. The van der Waals surface area contributed by atoms with Gasteiger partial charge >= 0.3 is 0 Å². The summed E-state index contributed by atoms with van der Waals surface area (Å²) in [4.78, 5) is 10.4. The van der Waals surface area contributed by atoms with Crippen LogP contribution in [0.3, 0.4) is 0 Å².